The number of carbonyl (C=O) groups excluding carboxylic acids is 1. The van der Waals surface area contributed by atoms with Gasteiger partial charge in [-0.1, -0.05) is 6.07 Å². The molecule has 4 N–H and O–H groups in total. The lowest BCUT2D eigenvalue weighted by Gasteiger charge is -2.38. The van der Waals surface area contributed by atoms with Crippen molar-refractivity contribution in [3.8, 4) is 11.5 Å². The predicted molar refractivity (Wildman–Crippen MR) is 76.8 cm³/mol. The maximum Gasteiger partial charge on any atom is 0.522 e. The molecule has 2 amide bonds. The van der Waals surface area contributed by atoms with Crippen molar-refractivity contribution < 1.29 is 34.3 Å². The van der Waals surface area contributed by atoms with Crippen LogP contribution in [-0.4, -0.2) is 58.6 Å². The quantitative estimate of drug-likeness (QED) is 0.349. The minimum absolute atomic E-state index is 0.123. The maximum atomic E-state index is 11.6. The van der Waals surface area contributed by atoms with Crippen LogP contribution in [0.3, 0.4) is 0 Å². The van der Waals surface area contributed by atoms with Crippen molar-refractivity contribution >= 4 is 19.1 Å². The van der Waals surface area contributed by atoms with Crippen LogP contribution >= 0.6 is 0 Å². The lowest BCUT2D eigenvalue weighted by Crippen LogP contribution is -2.58. The Morgan fingerprint density at radius 1 is 1.39 bits per heavy atom. The molecule has 122 valence electrons. The number of hydrogen-bond donors (Lipinski definition) is 4. The van der Waals surface area contributed by atoms with Crippen LogP contribution in [0.4, 0.5) is 4.79 Å². The standard InChI is InChI=1S/C13H15BN2O7/c17-12(18)10-9(22-8-5-16(6-8)13(19)15-21)2-1-7-3-4-14(20)23-11(7)10/h1-2,8,20-21H,3-6H2,(H,15,19)(H,17,18). The van der Waals surface area contributed by atoms with E-state index in [1.54, 1.807) is 12.1 Å². The Balaban J connectivity index is 1.79. The first-order chi connectivity index (χ1) is 11.0. The van der Waals surface area contributed by atoms with Gasteiger partial charge in [-0.15, -0.1) is 0 Å². The summed E-state index contributed by atoms with van der Waals surface area (Å²) in [6.45, 7) is 0.456. The van der Waals surface area contributed by atoms with Gasteiger partial charge in [0.25, 0.3) is 0 Å². The van der Waals surface area contributed by atoms with Crippen LogP contribution in [0.1, 0.15) is 15.9 Å². The normalized spacial score (nSPS) is 17.0. The molecule has 23 heavy (non-hydrogen) atoms. The molecule has 10 heteroatoms. The van der Waals surface area contributed by atoms with E-state index in [0.717, 1.165) is 0 Å². The number of nitrogens with one attached hydrogen (secondary N) is 1. The van der Waals surface area contributed by atoms with Crippen molar-refractivity contribution in [3.05, 3.63) is 23.3 Å². The van der Waals surface area contributed by atoms with E-state index in [2.05, 4.69) is 0 Å². The van der Waals surface area contributed by atoms with Gasteiger partial charge in [-0.25, -0.2) is 15.1 Å². The molecule has 0 spiro atoms. The highest BCUT2D eigenvalue weighted by molar-refractivity contribution is 6.44. The third-order valence-corrected chi connectivity index (χ3v) is 3.85. The topological polar surface area (TPSA) is 129 Å². The van der Waals surface area contributed by atoms with Crippen LogP contribution in [0, 0.1) is 0 Å². The van der Waals surface area contributed by atoms with Crippen molar-refractivity contribution in [1.82, 2.24) is 10.4 Å². The molecule has 0 bridgehead atoms. The fraction of sp³-hybridized carbons (Fsp3) is 0.385. The average Bonchev–Trinajstić information content (AvgIpc) is 2.48. The molecule has 1 aromatic carbocycles. The first kappa shape index (κ1) is 15.4. The second-order valence-electron chi connectivity index (χ2n) is 5.41. The first-order valence-electron chi connectivity index (χ1n) is 7.09. The summed E-state index contributed by atoms with van der Waals surface area (Å²) in [4.78, 5) is 24.0. The van der Waals surface area contributed by atoms with Crippen LogP contribution in [0.5, 0.6) is 11.5 Å². The summed E-state index contributed by atoms with van der Waals surface area (Å²) in [6.07, 6.45) is 0.544. The number of aryl methyl sites for hydroxylation is 1. The van der Waals surface area contributed by atoms with Gasteiger partial charge >= 0.3 is 19.1 Å². The summed E-state index contributed by atoms with van der Waals surface area (Å²) in [7, 11) is -1.04. The second kappa shape index (κ2) is 5.97. The number of amides is 2. The molecular weight excluding hydrogens is 307 g/mol. The lowest BCUT2D eigenvalue weighted by molar-refractivity contribution is 0.0282. The largest absolute Gasteiger partial charge is 0.535 e. The van der Waals surface area contributed by atoms with Crippen LogP contribution in [0.2, 0.25) is 6.32 Å². The van der Waals surface area contributed by atoms with E-state index in [1.807, 2.05) is 0 Å². The van der Waals surface area contributed by atoms with Crippen molar-refractivity contribution in [2.75, 3.05) is 13.1 Å². The molecule has 0 aliphatic carbocycles. The number of likely N-dealkylation sites (tertiary alicyclic amines) is 1. The van der Waals surface area contributed by atoms with Crippen LogP contribution in [0.15, 0.2) is 12.1 Å². The zero-order valence-corrected chi connectivity index (χ0v) is 12.1. The minimum Gasteiger partial charge on any atom is -0.535 e. The van der Waals surface area contributed by atoms with E-state index in [-0.39, 0.29) is 36.3 Å². The van der Waals surface area contributed by atoms with Crippen molar-refractivity contribution in [2.45, 2.75) is 18.8 Å². The van der Waals surface area contributed by atoms with Gasteiger partial charge < -0.3 is 24.4 Å². The van der Waals surface area contributed by atoms with E-state index in [4.69, 9.17) is 14.6 Å². The number of carboxylic acids is 1. The number of benzene rings is 1. The number of ether oxygens (including phenoxy) is 1. The Kier molecular flexibility index (Phi) is 4.01. The van der Waals surface area contributed by atoms with Gasteiger partial charge in [0.1, 0.15) is 23.2 Å². The summed E-state index contributed by atoms with van der Waals surface area (Å²) in [6, 6.07) is 2.62. The zero-order chi connectivity index (χ0) is 16.6. The van der Waals surface area contributed by atoms with E-state index >= 15 is 0 Å². The van der Waals surface area contributed by atoms with Gasteiger partial charge in [-0.05, 0) is 24.4 Å². The van der Waals surface area contributed by atoms with Crippen LogP contribution in [-0.2, 0) is 6.42 Å². The molecule has 0 radical (unpaired) electrons. The summed E-state index contributed by atoms with van der Waals surface area (Å²) >= 11 is 0. The molecule has 2 aliphatic heterocycles. The predicted octanol–water partition coefficient (Wildman–Crippen LogP) is -0.0380. The first-order valence-corrected chi connectivity index (χ1v) is 7.09. The minimum atomic E-state index is -1.21. The van der Waals surface area contributed by atoms with Crippen molar-refractivity contribution in [2.24, 2.45) is 0 Å². The van der Waals surface area contributed by atoms with E-state index < -0.39 is 19.1 Å². The highest BCUT2D eigenvalue weighted by Crippen LogP contribution is 2.37. The molecule has 3 rings (SSSR count). The van der Waals surface area contributed by atoms with Crippen molar-refractivity contribution in [3.63, 3.8) is 0 Å². The summed E-state index contributed by atoms with van der Waals surface area (Å²) in [5, 5.41) is 27.5. The molecule has 0 aromatic heterocycles. The lowest BCUT2D eigenvalue weighted by atomic mass is 9.78. The highest BCUT2D eigenvalue weighted by Gasteiger charge is 2.35. The molecule has 0 saturated carbocycles. The number of hydrogen-bond acceptors (Lipinski definition) is 6. The van der Waals surface area contributed by atoms with Gasteiger partial charge in [0.15, 0.2) is 0 Å². The zero-order valence-electron chi connectivity index (χ0n) is 12.1. The highest BCUT2D eigenvalue weighted by atomic mass is 16.5. The van der Waals surface area contributed by atoms with E-state index in [9.17, 15) is 19.7 Å². The number of rotatable bonds is 3. The Labute approximate surface area is 131 Å². The molecule has 0 atom stereocenters. The fourth-order valence-electron chi connectivity index (χ4n) is 2.64. The molecule has 1 saturated heterocycles. The fourth-order valence-corrected chi connectivity index (χ4v) is 2.64. The monoisotopic (exact) mass is 322 g/mol. The third-order valence-electron chi connectivity index (χ3n) is 3.85. The molecule has 0 unspecified atom stereocenters. The average molecular weight is 322 g/mol. The van der Waals surface area contributed by atoms with Gasteiger partial charge in [-0.3, -0.25) is 5.21 Å². The van der Waals surface area contributed by atoms with E-state index in [1.165, 1.54) is 10.4 Å². The summed E-state index contributed by atoms with van der Waals surface area (Å²) in [5.41, 5.74) is 2.09. The van der Waals surface area contributed by atoms with E-state index in [0.29, 0.717) is 18.3 Å². The Hall–Kier alpha value is -2.46. The number of carboxylic acid groups (broad SMARTS) is 1. The molecule has 2 aliphatic rings. The Bertz CT molecular complexity index is 647. The third kappa shape index (κ3) is 2.90. The number of carbonyl (C=O) groups is 2. The summed E-state index contributed by atoms with van der Waals surface area (Å²) < 4.78 is 10.9. The van der Waals surface area contributed by atoms with Gasteiger partial charge in [-0.2, -0.15) is 0 Å². The number of urea groups is 1. The van der Waals surface area contributed by atoms with Crippen LogP contribution in [0.25, 0.3) is 0 Å². The number of fused-ring (bicyclic) bond motifs is 1. The van der Waals surface area contributed by atoms with Gasteiger partial charge in [0.2, 0.25) is 0 Å². The van der Waals surface area contributed by atoms with Crippen molar-refractivity contribution in [1.29, 1.82) is 0 Å². The van der Waals surface area contributed by atoms with Gasteiger partial charge in [0, 0.05) is 0 Å². The van der Waals surface area contributed by atoms with Gasteiger partial charge in [0.05, 0.1) is 13.1 Å². The smallest absolute Gasteiger partial charge is 0.522 e. The number of aromatic carboxylic acids is 1. The summed E-state index contributed by atoms with van der Waals surface area (Å²) in [5.74, 6) is -0.965. The Morgan fingerprint density at radius 3 is 2.78 bits per heavy atom. The molecule has 2 heterocycles. The maximum absolute atomic E-state index is 11.6. The number of nitrogens with zero attached hydrogens (tertiary/aromatic N) is 1. The SMILES string of the molecule is O=C(O)c1c(OC2CN(C(=O)NO)C2)ccc2c1OB(O)CC2. The molecule has 1 fully saturated rings. The molecular formula is C13H15BN2O7. The molecule has 9 nitrogen and oxygen atoms in total. The Morgan fingerprint density at radius 2 is 2.13 bits per heavy atom. The number of hydroxylamine groups is 1. The van der Waals surface area contributed by atoms with Crippen LogP contribution < -0.4 is 14.9 Å². The molecule has 1 aromatic rings. The second-order valence-corrected chi connectivity index (χ2v) is 5.41.